The minimum atomic E-state index is -0.799. The van der Waals surface area contributed by atoms with Crippen molar-refractivity contribution in [1.82, 2.24) is 14.7 Å². The van der Waals surface area contributed by atoms with Gasteiger partial charge in [0.05, 0.1) is 6.67 Å². The number of carbonyl (C=O) groups excluding carboxylic acids is 3. The third-order valence-corrected chi connectivity index (χ3v) is 8.04. The molecule has 2 saturated heterocycles. The molecule has 2 fully saturated rings. The molecule has 3 aromatic rings. The van der Waals surface area contributed by atoms with Gasteiger partial charge in [-0.1, -0.05) is 70.5 Å². The number of likely N-dealkylation sites (tertiary alicyclic amines) is 1. The number of urea groups is 1. The summed E-state index contributed by atoms with van der Waals surface area (Å²) in [5.74, 6) is -0.164. The fourth-order valence-corrected chi connectivity index (χ4v) is 5.80. The molecule has 0 atom stereocenters. The van der Waals surface area contributed by atoms with Crippen LogP contribution in [0.4, 0.5) is 16.2 Å². The molecule has 0 radical (unpaired) electrons. The summed E-state index contributed by atoms with van der Waals surface area (Å²) >= 11 is 3.43. The lowest BCUT2D eigenvalue weighted by molar-refractivity contribution is -0.140. The highest BCUT2D eigenvalue weighted by Gasteiger charge is 2.54. The number of para-hydroxylation sites is 1. The highest BCUT2D eigenvalue weighted by atomic mass is 79.9. The van der Waals surface area contributed by atoms with E-state index in [-0.39, 0.29) is 24.4 Å². The van der Waals surface area contributed by atoms with Gasteiger partial charge in [-0.2, -0.15) is 0 Å². The van der Waals surface area contributed by atoms with Crippen molar-refractivity contribution < 1.29 is 14.4 Å². The molecule has 9 heteroatoms. The predicted molar refractivity (Wildman–Crippen MR) is 155 cm³/mol. The van der Waals surface area contributed by atoms with Gasteiger partial charge in [0.2, 0.25) is 5.91 Å². The second kappa shape index (κ2) is 11.5. The monoisotopic (exact) mass is 589 g/mol. The van der Waals surface area contributed by atoms with Crippen molar-refractivity contribution in [1.29, 1.82) is 0 Å². The van der Waals surface area contributed by atoms with E-state index in [4.69, 9.17) is 0 Å². The molecule has 0 aromatic heterocycles. The van der Waals surface area contributed by atoms with E-state index in [1.165, 1.54) is 0 Å². The number of benzene rings is 3. The molecule has 2 aliphatic rings. The average molecular weight is 591 g/mol. The first-order chi connectivity index (χ1) is 18.9. The van der Waals surface area contributed by atoms with E-state index in [0.717, 1.165) is 15.7 Å². The van der Waals surface area contributed by atoms with Crippen LogP contribution < -0.4 is 10.2 Å². The number of carbonyl (C=O) groups is 3. The Balaban J connectivity index is 1.29. The molecule has 5 rings (SSSR count). The van der Waals surface area contributed by atoms with E-state index in [2.05, 4.69) is 26.1 Å². The van der Waals surface area contributed by atoms with Crippen LogP contribution in [0, 0.1) is 0 Å². The Morgan fingerprint density at radius 1 is 0.949 bits per heavy atom. The highest BCUT2D eigenvalue weighted by molar-refractivity contribution is 9.10. The van der Waals surface area contributed by atoms with Gasteiger partial charge in [-0.05, 0) is 48.7 Å². The number of nitrogens with zero attached hydrogens (tertiary/aromatic N) is 4. The molecule has 4 amide bonds. The molecule has 2 heterocycles. The third-order valence-electron chi connectivity index (χ3n) is 7.55. The van der Waals surface area contributed by atoms with Gasteiger partial charge >= 0.3 is 6.03 Å². The second-order valence-electron chi connectivity index (χ2n) is 10.1. The van der Waals surface area contributed by atoms with Crippen LogP contribution in [0.25, 0.3) is 0 Å². The number of halogens is 1. The maximum Gasteiger partial charge on any atom is 0.321 e. The van der Waals surface area contributed by atoms with Crippen LogP contribution in [0.3, 0.4) is 0 Å². The van der Waals surface area contributed by atoms with Crippen molar-refractivity contribution in [2.24, 2.45) is 0 Å². The Kier molecular flexibility index (Phi) is 7.88. The molecule has 1 N–H and O–H groups in total. The van der Waals surface area contributed by atoms with E-state index in [1.807, 2.05) is 84.9 Å². The maximum absolute atomic E-state index is 14.0. The molecule has 3 aromatic carbocycles. The van der Waals surface area contributed by atoms with Gasteiger partial charge in [-0.15, -0.1) is 0 Å². The summed E-state index contributed by atoms with van der Waals surface area (Å²) < 4.78 is 0.886. The van der Waals surface area contributed by atoms with Gasteiger partial charge in [0, 0.05) is 42.5 Å². The molecule has 0 bridgehead atoms. The topological polar surface area (TPSA) is 76.2 Å². The zero-order valence-electron chi connectivity index (χ0n) is 21.9. The number of hydrogen-bond acceptors (Lipinski definition) is 4. The molecule has 0 aliphatic carbocycles. The molecule has 0 unspecified atom stereocenters. The first kappa shape index (κ1) is 26.7. The van der Waals surface area contributed by atoms with Crippen molar-refractivity contribution in [2.75, 3.05) is 43.6 Å². The van der Waals surface area contributed by atoms with Crippen molar-refractivity contribution in [3.63, 3.8) is 0 Å². The fraction of sp³-hybridized carbons (Fsp3) is 0.300. The van der Waals surface area contributed by atoms with Gasteiger partial charge in [0.1, 0.15) is 12.1 Å². The number of hydrogen-bond donors (Lipinski definition) is 1. The van der Waals surface area contributed by atoms with Gasteiger partial charge in [-0.25, -0.2) is 4.79 Å². The molecule has 0 saturated carbocycles. The van der Waals surface area contributed by atoms with Crippen LogP contribution in [-0.2, 0) is 16.1 Å². The summed E-state index contributed by atoms with van der Waals surface area (Å²) in [5.41, 5.74) is 1.89. The Morgan fingerprint density at radius 3 is 2.28 bits per heavy atom. The van der Waals surface area contributed by atoms with Crippen molar-refractivity contribution in [3.05, 3.63) is 95.0 Å². The molecular weight excluding hydrogens is 558 g/mol. The van der Waals surface area contributed by atoms with E-state index in [9.17, 15) is 14.4 Å². The van der Waals surface area contributed by atoms with Crippen molar-refractivity contribution in [3.8, 4) is 0 Å². The number of nitrogens with one attached hydrogen (secondary N) is 1. The number of rotatable bonds is 6. The van der Waals surface area contributed by atoms with Crippen LogP contribution in [0.15, 0.2) is 89.4 Å². The van der Waals surface area contributed by atoms with E-state index < -0.39 is 5.54 Å². The lowest BCUT2D eigenvalue weighted by Crippen LogP contribution is -2.58. The van der Waals surface area contributed by atoms with Crippen LogP contribution >= 0.6 is 15.9 Å². The van der Waals surface area contributed by atoms with E-state index >= 15 is 0 Å². The standard InChI is InChI=1S/C30H32BrN5O3/c1-33(20-23-9-4-2-5-10-23)27(37)21-35-22-36(26-13-6-3-7-14-26)30(28(35)38)15-17-34(18-16-30)29(39)32-25-12-8-11-24(31)19-25/h2-14,19H,15-18,20-22H2,1H3,(H,32,39). The Bertz CT molecular complexity index is 1330. The largest absolute Gasteiger partial charge is 0.340 e. The van der Waals surface area contributed by atoms with Crippen molar-refractivity contribution >= 4 is 45.2 Å². The summed E-state index contributed by atoms with van der Waals surface area (Å²) in [7, 11) is 1.77. The van der Waals surface area contributed by atoms with Gasteiger partial charge in [-0.3, -0.25) is 9.59 Å². The Hall–Kier alpha value is -3.85. The average Bonchev–Trinajstić information content (AvgIpc) is 3.20. The van der Waals surface area contributed by atoms with Crippen LogP contribution in [0.1, 0.15) is 18.4 Å². The minimum Gasteiger partial charge on any atom is -0.340 e. The first-order valence-electron chi connectivity index (χ1n) is 13.1. The zero-order valence-corrected chi connectivity index (χ0v) is 23.5. The molecule has 8 nitrogen and oxygen atoms in total. The van der Waals surface area contributed by atoms with Crippen LogP contribution in [0.5, 0.6) is 0 Å². The summed E-state index contributed by atoms with van der Waals surface area (Å²) in [6.07, 6.45) is 0.967. The molecule has 1 spiro atoms. The lowest BCUT2D eigenvalue weighted by Gasteiger charge is -2.43. The van der Waals surface area contributed by atoms with Gasteiger partial charge < -0.3 is 24.9 Å². The van der Waals surface area contributed by atoms with Gasteiger partial charge in [0.25, 0.3) is 5.91 Å². The number of anilines is 2. The second-order valence-corrected chi connectivity index (χ2v) is 11.0. The molecular formula is C30H32BrN5O3. The summed E-state index contributed by atoms with van der Waals surface area (Å²) in [4.78, 5) is 47.3. The number of likely N-dealkylation sites (N-methyl/N-ethyl adjacent to an activating group) is 1. The Morgan fingerprint density at radius 2 is 1.62 bits per heavy atom. The summed E-state index contributed by atoms with van der Waals surface area (Å²) in [6, 6.07) is 26.9. The SMILES string of the molecule is CN(Cc1ccccc1)C(=O)CN1CN(c2ccccc2)C2(CCN(C(=O)Nc3cccc(Br)c3)CC2)C1=O. The first-order valence-corrected chi connectivity index (χ1v) is 13.9. The maximum atomic E-state index is 14.0. The van der Waals surface area contributed by atoms with Crippen molar-refractivity contribution in [2.45, 2.75) is 24.9 Å². The van der Waals surface area contributed by atoms with Crippen LogP contribution in [0.2, 0.25) is 0 Å². The lowest BCUT2D eigenvalue weighted by atomic mass is 9.85. The predicted octanol–water partition coefficient (Wildman–Crippen LogP) is 4.78. The summed E-state index contributed by atoms with van der Waals surface area (Å²) in [6.45, 7) is 1.70. The third kappa shape index (κ3) is 5.78. The molecule has 202 valence electrons. The zero-order chi connectivity index (χ0) is 27.4. The quantitative estimate of drug-likeness (QED) is 0.449. The number of amides is 4. The minimum absolute atomic E-state index is 0.0142. The smallest absolute Gasteiger partial charge is 0.321 e. The van der Waals surface area contributed by atoms with Gasteiger partial charge in [0.15, 0.2) is 0 Å². The fourth-order valence-electron chi connectivity index (χ4n) is 5.40. The summed E-state index contributed by atoms with van der Waals surface area (Å²) in [5, 5.41) is 2.95. The van der Waals surface area contributed by atoms with Crippen LogP contribution in [-0.4, -0.2) is 71.4 Å². The number of piperidine rings is 1. The Labute approximate surface area is 237 Å². The molecule has 39 heavy (non-hydrogen) atoms. The van der Waals surface area contributed by atoms with E-state index in [0.29, 0.717) is 44.8 Å². The highest BCUT2D eigenvalue weighted by Crippen LogP contribution is 2.39. The van der Waals surface area contributed by atoms with E-state index in [1.54, 1.807) is 21.7 Å². The normalized spacial score (nSPS) is 16.5. The molecule has 2 aliphatic heterocycles.